The molecule has 28 heavy (non-hydrogen) atoms. The van der Waals surface area contributed by atoms with Crippen molar-refractivity contribution in [1.29, 1.82) is 21.0 Å². The molecule has 0 bridgehead atoms. The summed E-state index contributed by atoms with van der Waals surface area (Å²) in [4.78, 5) is 0. The van der Waals surface area contributed by atoms with Crippen LogP contribution in [0.4, 0.5) is 0 Å². The normalized spacial score (nSPS) is 14.0. The van der Waals surface area contributed by atoms with E-state index in [2.05, 4.69) is 20.8 Å². The van der Waals surface area contributed by atoms with Gasteiger partial charge in [0.15, 0.2) is 0 Å². The Balaban J connectivity index is 2.38. The summed E-state index contributed by atoms with van der Waals surface area (Å²) in [6.07, 6.45) is 4.71. The van der Waals surface area contributed by atoms with Gasteiger partial charge in [-0.25, -0.2) is 0 Å². The monoisotopic (exact) mass is 362 g/mol. The Labute approximate surface area is 165 Å². The van der Waals surface area contributed by atoms with E-state index < -0.39 is 0 Å². The van der Waals surface area contributed by atoms with Crippen LogP contribution in [0.2, 0.25) is 0 Å². The van der Waals surface area contributed by atoms with E-state index in [1.807, 2.05) is 55.5 Å². The van der Waals surface area contributed by atoms with E-state index in [-0.39, 0.29) is 16.6 Å². The van der Waals surface area contributed by atoms with E-state index in [0.717, 1.165) is 33.4 Å². The molecule has 2 aliphatic carbocycles. The molecule has 1 aromatic rings. The van der Waals surface area contributed by atoms with Gasteiger partial charge in [-0.1, -0.05) is 33.8 Å². The van der Waals surface area contributed by atoms with Crippen molar-refractivity contribution in [2.45, 2.75) is 34.1 Å². The molecule has 0 fully saturated rings. The minimum Gasteiger partial charge on any atom is -0.192 e. The average Bonchev–Trinajstić information content (AvgIpc) is 3.21. The molecule has 0 radical (unpaired) electrons. The highest BCUT2D eigenvalue weighted by Gasteiger charge is 2.33. The fourth-order valence-electron chi connectivity index (χ4n) is 3.82. The van der Waals surface area contributed by atoms with E-state index in [0.29, 0.717) is 17.6 Å². The number of nitriles is 4. The predicted octanol–water partition coefficient (Wildman–Crippen LogP) is 5.54. The first kappa shape index (κ1) is 18.9. The lowest BCUT2D eigenvalue weighted by molar-refractivity contribution is 0.525. The lowest BCUT2D eigenvalue weighted by Crippen LogP contribution is -2.09. The third kappa shape index (κ3) is 2.74. The smallest absolute Gasteiger partial charge is 0.137 e. The Bertz CT molecular complexity index is 1170. The van der Waals surface area contributed by atoms with Crippen molar-refractivity contribution >= 4 is 23.3 Å². The molecule has 3 rings (SSSR count). The van der Waals surface area contributed by atoms with Crippen LogP contribution < -0.4 is 0 Å². The van der Waals surface area contributed by atoms with Crippen molar-refractivity contribution in [3.8, 4) is 24.3 Å². The van der Waals surface area contributed by atoms with Crippen molar-refractivity contribution in [3.63, 3.8) is 0 Å². The minimum absolute atomic E-state index is 0.100. The molecule has 0 spiro atoms. The number of rotatable bonds is 1. The van der Waals surface area contributed by atoms with Gasteiger partial charge in [0.25, 0.3) is 0 Å². The molecular formula is C24H18N4. The van der Waals surface area contributed by atoms with Crippen LogP contribution in [0, 0.1) is 50.7 Å². The summed E-state index contributed by atoms with van der Waals surface area (Å²) >= 11 is 0. The Morgan fingerprint density at radius 3 is 1.71 bits per heavy atom. The maximum absolute atomic E-state index is 9.50. The number of nitrogens with zero attached hydrogens (tertiary/aromatic N) is 4. The van der Waals surface area contributed by atoms with Crippen LogP contribution in [0.5, 0.6) is 0 Å². The topological polar surface area (TPSA) is 95.2 Å². The number of allylic oxidation sites excluding steroid dienone is 6. The second-order valence-corrected chi connectivity index (χ2v) is 7.81. The fourth-order valence-corrected chi connectivity index (χ4v) is 3.82. The van der Waals surface area contributed by atoms with Crippen LogP contribution >= 0.6 is 0 Å². The zero-order valence-corrected chi connectivity index (χ0v) is 16.3. The highest BCUT2D eigenvalue weighted by atomic mass is 14.4. The second-order valence-electron chi connectivity index (χ2n) is 7.81. The Kier molecular flexibility index (Phi) is 4.53. The van der Waals surface area contributed by atoms with Gasteiger partial charge in [0.05, 0.1) is 0 Å². The summed E-state index contributed by atoms with van der Waals surface area (Å²) in [5.74, 6) is 0. The molecular weight excluding hydrogens is 344 g/mol. The molecule has 0 saturated carbocycles. The van der Waals surface area contributed by atoms with Crippen molar-refractivity contribution in [2.75, 3.05) is 0 Å². The van der Waals surface area contributed by atoms with Crippen molar-refractivity contribution in [3.05, 3.63) is 56.7 Å². The van der Waals surface area contributed by atoms with Crippen LogP contribution in [0.3, 0.4) is 0 Å². The van der Waals surface area contributed by atoms with Crippen molar-refractivity contribution in [1.82, 2.24) is 0 Å². The van der Waals surface area contributed by atoms with Crippen LogP contribution in [0.1, 0.15) is 56.4 Å². The van der Waals surface area contributed by atoms with Crippen LogP contribution in [-0.4, -0.2) is 0 Å². The molecule has 0 aromatic heterocycles. The van der Waals surface area contributed by atoms with Gasteiger partial charge in [0.1, 0.15) is 35.4 Å². The van der Waals surface area contributed by atoms with E-state index in [9.17, 15) is 21.0 Å². The summed E-state index contributed by atoms with van der Waals surface area (Å²) in [5.41, 5.74) is 6.74. The molecule has 0 atom stereocenters. The lowest BCUT2D eigenvalue weighted by Gasteiger charge is -2.22. The molecule has 0 saturated heterocycles. The van der Waals surface area contributed by atoms with Crippen LogP contribution in [0.15, 0.2) is 34.4 Å². The Hall–Kier alpha value is -3.86. The predicted molar refractivity (Wildman–Crippen MR) is 108 cm³/mol. The maximum atomic E-state index is 9.50. The van der Waals surface area contributed by atoms with Gasteiger partial charge in [0.2, 0.25) is 0 Å². The summed E-state index contributed by atoms with van der Waals surface area (Å²) in [7, 11) is 0. The third-order valence-corrected chi connectivity index (χ3v) is 5.12. The molecule has 0 amide bonds. The van der Waals surface area contributed by atoms with Gasteiger partial charge >= 0.3 is 0 Å². The molecule has 1 aromatic carbocycles. The van der Waals surface area contributed by atoms with Gasteiger partial charge in [-0.15, -0.1) is 0 Å². The van der Waals surface area contributed by atoms with Crippen molar-refractivity contribution in [2.24, 2.45) is 5.41 Å². The number of hydrogen-bond donors (Lipinski definition) is 0. The van der Waals surface area contributed by atoms with Crippen LogP contribution in [-0.2, 0) is 0 Å². The first-order valence-corrected chi connectivity index (χ1v) is 9.01. The fraction of sp³-hybridized carbons (Fsp3) is 0.250. The summed E-state index contributed by atoms with van der Waals surface area (Å²) in [6, 6.07) is 12.0. The molecule has 2 aliphatic rings. The second kappa shape index (κ2) is 6.70. The Morgan fingerprint density at radius 2 is 1.25 bits per heavy atom. The highest BCUT2D eigenvalue weighted by Crippen LogP contribution is 2.49. The van der Waals surface area contributed by atoms with E-state index in [1.165, 1.54) is 0 Å². The van der Waals surface area contributed by atoms with Crippen LogP contribution in [0.25, 0.3) is 23.3 Å². The third-order valence-electron chi connectivity index (χ3n) is 5.12. The van der Waals surface area contributed by atoms with Gasteiger partial charge < -0.3 is 0 Å². The zero-order valence-electron chi connectivity index (χ0n) is 16.3. The minimum atomic E-state index is -0.245. The average molecular weight is 362 g/mol. The molecule has 0 N–H and O–H groups in total. The van der Waals surface area contributed by atoms with Gasteiger partial charge in [-0.2, -0.15) is 21.0 Å². The molecule has 0 unspecified atom stereocenters. The highest BCUT2D eigenvalue weighted by molar-refractivity contribution is 6.04. The molecule has 0 aliphatic heterocycles. The molecule has 4 nitrogen and oxygen atoms in total. The number of hydrogen-bond acceptors (Lipinski definition) is 4. The van der Waals surface area contributed by atoms with Gasteiger partial charge in [-0.3, -0.25) is 0 Å². The van der Waals surface area contributed by atoms with Gasteiger partial charge in [-0.05, 0) is 63.4 Å². The lowest BCUT2D eigenvalue weighted by atomic mass is 9.81. The summed E-state index contributed by atoms with van der Waals surface area (Å²) in [6.45, 7) is 8.14. The van der Waals surface area contributed by atoms with Crippen molar-refractivity contribution < 1.29 is 0 Å². The maximum Gasteiger partial charge on any atom is 0.137 e. The summed E-state index contributed by atoms with van der Waals surface area (Å²) < 4.78 is 0. The summed E-state index contributed by atoms with van der Waals surface area (Å²) in [5, 5.41) is 37.8. The first-order chi connectivity index (χ1) is 13.3. The SMILES string of the molecule is CCC1=Cc2cc3c(cc2C1=C(C#N)C#N)C=C(C(C)(C)C)C3=C(C#N)C#N. The Morgan fingerprint density at radius 1 is 0.786 bits per heavy atom. The largest absolute Gasteiger partial charge is 0.192 e. The standard InChI is InChI=1S/C24H18N4/c1-5-14-6-15-7-20-16(8-19(15)22(14)17(10-25)11-26)9-21(24(2,3)4)23(20)18(12-27)13-28/h6-9H,5H2,1-4H3. The van der Waals surface area contributed by atoms with E-state index in [1.54, 1.807) is 0 Å². The quantitative estimate of drug-likeness (QED) is 0.613. The molecule has 134 valence electrons. The first-order valence-electron chi connectivity index (χ1n) is 9.01. The van der Waals surface area contributed by atoms with Gasteiger partial charge in [0, 0.05) is 11.1 Å². The molecule has 0 heterocycles. The van der Waals surface area contributed by atoms with E-state index in [4.69, 9.17) is 0 Å². The molecule has 4 heteroatoms. The zero-order chi connectivity index (χ0) is 20.6. The van der Waals surface area contributed by atoms with E-state index >= 15 is 0 Å². The number of benzene rings is 1. The number of fused-ring (bicyclic) bond motifs is 2.